The van der Waals surface area contributed by atoms with E-state index >= 15 is 0 Å². The second-order valence-corrected chi connectivity index (χ2v) is 4.58. The van der Waals surface area contributed by atoms with Crippen LogP contribution in [0.2, 0.25) is 0 Å². The van der Waals surface area contributed by atoms with Crippen molar-refractivity contribution in [3.8, 4) is 0 Å². The summed E-state index contributed by atoms with van der Waals surface area (Å²) in [5.41, 5.74) is 6.54. The van der Waals surface area contributed by atoms with E-state index in [0.29, 0.717) is 0 Å². The fraction of sp³-hybridized carbons (Fsp3) is 0.636. The lowest BCUT2D eigenvalue weighted by Gasteiger charge is -2.29. The number of hydrogen-bond acceptors (Lipinski definition) is 4. The van der Waals surface area contributed by atoms with Crippen LogP contribution in [-0.2, 0) is 16.6 Å². The van der Waals surface area contributed by atoms with Crippen LogP contribution >= 0.6 is 0 Å². The van der Waals surface area contributed by atoms with Gasteiger partial charge in [0.15, 0.2) is 0 Å². The zero-order valence-corrected chi connectivity index (χ0v) is 10.2. The van der Waals surface area contributed by atoms with Crippen LogP contribution < -0.4 is 5.73 Å². The number of imidazole rings is 1. The van der Waals surface area contributed by atoms with Crippen molar-refractivity contribution in [3.05, 3.63) is 18.2 Å². The summed E-state index contributed by atoms with van der Waals surface area (Å²) in [6.45, 7) is 3.79. The number of ether oxygens (including phenoxy) is 1. The van der Waals surface area contributed by atoms with E-state index in [0.717, 1.165) is 5.69 Å². The lowest BCUT2D eigenvalue weighted by Crippen LogP contribution is -2.41. The number of aromatic nitrogens is 2. The Morgan fingerprint density at radius 1 is 1.69 bits per heavy atom. The van der Waals surface area contributed by atoms with E-state index in [2.05, 4.69) is 9.72 Å². The summed E-state index contributed by atoms with van der Waals surface area (Å²) >= 11 is 0. The number of rotatable bonds is 4. The predicted molar refractivity (Wildman–Crippen MR) is 60.8 cm³/mol. The molecule has 5 heteroatoms. The van der Waals surface area contributed by atoms with Crippen molar-refractivity contribution in [2.24, 2.45) is 12.8 Å². The molecule has 2 N–H and O–H groups in total. The quantitative estimate of drug-likeness (QED) is 0.770. The molecule has 1 atom stereocenters. The highest BCUT2D eigenvalue weighted by Crippen LogP contribution is 2.29. The van der Waals surface area contributed by atoms with Gasteiger partial charge in [-0.3, -0.25) is 4.79 Å². The van der Waals surface area contributed by atoms with Crippen molar-refractivity contribution in [2.75, 3.05) is 7.11 Å². The number of aryl methyl sites for hydroxylation is 1. The van der Waals surface area contributed by atoms with Crippen LogP contribution in [0.1, 0.15) is 31.9 Å². The first-order chi connectivity index (χ1) is 7.36. The van der Waals surface area contributed by atoms with E-state index in [9.17, 15) is 4.79 Å². The predicted octanol–water partition coefficient (Wildman–Crippen LogP) is 0.804. The summed E-state index contributed by atoms with van der Waals surface area (Å²) in [5, 5.41) is 0. The number of methoxy groups -OCH3 is 1. The van der Waals surface area contributed by atoms with Crippen molar-refractivity contribution in [2.45, 2.75) is 31.7 Å². The Bertz CT molecular complexity index is 366. The molecule has 0 bridgehead atoms. The van der Waals surface area contributed by atoms with E-state index < -0.39 is 5.54 Å². The minimum Gasteiger partial charge on any atom is -0.469 e. The number of esters is 1. The molecule has 90 valence electrons. The second-order valence-electron chi connectivity index (χ2n) is 4.58. The molecule has 1 rings (SSSR count). The van der Waals surface area contributed by atoms with Crippen molar-refractivity contribution in [3.63, 3.8) is 0 Å². The number of hydrogen-bond donors (Lipinski definition) is 1. The normalized spacial score (nSPS) is 13.6. The Morgan fingerprint density at radius 2 is 2.31 bits per heavy atom. The number of carbonyl (C=O) groups excluding carboxylic acids is 1. The highest BCUT2D eigenvalue weighted by Gasteiger charge is 2.31. The van der Waals surface area contributed by atoms with Gasteiger partial charge in [0, 0.05) is 30.4 Å². The molecule has 0 aliphatic rings. The maximum Gasteiger partial charge on any atom is 0.306 e. The van der Waals surface area contributed by atoms with Crippen molar-refractivity contribution >= 4 is 5.97 Å². The van der Waals surface area contributed by atoms with E-state index in [1.807, 2.05) is 25.5 Å². The molecule has 16 heavy (non-hydrogen) atoms. The van der Waals surface area contributed by atoms with Gasteiger partial charge < -0.3 is 15.0 Å². The minimum absolute atomic E-state index is 0.104. The molecule has 0 spiro atoms. The molecule has 0 saturated heterocycles. The SMILES string of the molecule is COC(=O)CC(c1cncn1C)C(C)(C)N. The topological polar surface area (TPSA) is 70.1 Å². The molecule has 0 aromatic carbocycles. The van der Waals surface area contributed by atoms with Crippen molar-refractivity contribution in [1.29, 1.82) is 0 Å². The van der Waals surface area contributed by atoms with Gasteiger partial charge >= 0.3 is 5.97 Å². The largest absolute Gasteiger partial charge is 0.469 e. The Labute approximate surface area is 95.6 Å². The van der Waals surface area contributed by atoms with E-state index in [1.54, 1.807) is 12.5 Å². The molecule has 0 saturated carbocycles. The molecule has 0 aliphatic heterocycles. The van der Waals surface area contributed by atoms with Gasteiger partial charge in [-0.2, -0.15) is 0 Å². The zero-order chi connectivity index (χ0) is 12.3. The van der Waals surface area contributed by atoms with Gasteiger partial charge in [0.1, 0.15) is 0 Å². The monoisotopic (exact) mass is 225 g/mol. The number of nitrogens with zero attached hydrogens (tertiary/aromatic N) is 2. The molecular formula is C11H19N3O2. The Hall–Kier alpha value is -1.36. The molecule has 1 heterocycles. The highest BCUT2D eigenvalue weighted by atomic mass is 16.5. The van der Waals surface area contributed by atoms with Crippen molar-refractivity contribution in [1.82, 2.24) is 9.55 Å². The molecule has 0 radical (unpaired) electrons. The third-order valence-electron chi connectivity index (χ3n) is 2.71. The summed E-state index contributed by atoms with van der Waals surface area (Å²) in [5.74, 6) is -0.364. The van der Waals surface area contributed by atoms with Crippen LogP contribution in [0.5, 0.6) is 0 Å². The van der Waals surface area contributed by atoms with Gasteiger partial charge in [-0.05, 0) is 13.8 Å². The first kappa shape index (κ1) is 12.7. The Kier molecular flexibility index (Phi) is 3.70. The van der Waals surface area contributed by atoms with Crippen molar-refractivity contribution < 1.29 is 9.53 Å². The summed E-state index contributed by atoms with van der Waals surface area (Å²) in [7, 11) is 3.27. The zero-order valence-electron chi connectivity index (χ0n) is 10.2. The third kappa shape index (κ3) is 2.82. The van der Waals surface area contributed by atoms with E-state index in [-0.39, 0.29) is 18.3 Å². The summed E-state index contributed by atoms with van der Waals surface area (Å²) in [4.78, 5) is 15.4. The lowest BCUT2D eigenvalue weighted by molar-refractivity contribution is -0.141. The van der Waals surface area contributed by atoms with Gasteiger partial charge in [-0.1, -0.05) is 0 Å². The fourth-order valence-corrected chi connectivity index (χ4v) is 1.70. The summed E-state index contributed by atoms with van der Waals surface area (Å²) in [6.07, 6.45) is 3.70. The highest BCUT2D eigenvalue weighted by molar-refractivity contribution is 5.70. The Balaban J connectivity index is 2.98. The minimum atomic E-state index is -0.498. The maximum absolute atomic E-state index is 11.4. The molecular weight excluding hydrogens is 206 g/mol. The molecule has 1 unspecified atom stereocenters. The first-order valence-electron chi connectivity index (χ1n) is 5.18. The molecule has 5 nitrogen and oxygen atoms in total. The van der Waals surface area contributed by atoms with Gasteiger partial charge in [-0.15, -0.1) is 0 Å². The van der Waals surface area contributed by atoms with Gasteiger partial charge in [-0.25, -0.2) is 4.98 Å². The number of carbonyl (C=O) groups is 1. The van der Waals surface area contributed by atoms with E-state index in [4.69, 9.17) is 5.73 Å². The lowest BCUT2D eigenvalue weighted by atomic mass is 9.83. The van der Waals surface area contributed by atoms with Gasteiger partial charge in [0.2, 0.25) is 0 Å². The Morgan fingerprint density at radius 3 is 2.69 bits per heavy atom. The third-order valence-corrected chi connectivity index (χ3v) is 2.71. The summed E-state index contributed by atoms with van der Waals surface area (Å²) < 4.78 is 6.57. The standard InChI is InChI=1S/C11H19N3O2/c1-11(2,12)8(5-10(15)16-4)9-6-13-7-14(9)3/h6-8H,5,12H2,1-4H3. The van der Waals surface area contributed by atoms with Crippen LogP contribution in [0.15, 0.2) is 12.5 Å². The smallest absolute Gasteiger partial charge is 0.306 e. The molecule has 1 aromatic heterocycles. The molecule has 0 aliphatic carbocycles. The molecule has 1 aromatic rings. The van der Waals surface area contributed by atoms with Crippen LogP contribution in [0, 0.1) is 0 Å². The van der Waals surface area contributed by atoms with E-state index in [1.165, 1.54) is 7.11 Å². The van der Waals surface area contributed by atoms with Crippen LogP contribution in [0.25, 0.3) is 0 Å². The maximum atomic E-state index is 11.4. The molecule has 0 amide bonds. The summed E-state index contributed by atoms with van der Waals surface area (Å²) in [6, 6.07) is 0. The first-order valence-corrected chi connectivity index (χ1v) is 5.18. The fourth-order valence-electron chi connectivity index (χ4n) is 1.70. The van der Waals surface area contributed by atoms with Crippen LogP contribution in [0.4, 0.5) is 0 Å². The van der Waals surface area contributed by atoms with Crippen LogP contribution in [0.3, 0.4) is 0 Å². The van der Waals surface area contributed by atoms with Crippen LogP contribution in [-0.4, -0.2) is 28.2 Å². The second kappa shape index (κ2) is 4.65. The molecule has 0 fully saturated rings. The average molecular weight is 225 g/mol. The average Bonchev–Trinajstić information content (AvgIpc) is 2.58. The van der Waals surface area contributed by atoms with Gasteiger partial charge in [0.25, 0.3) is 0 Å². The number of nitrogens with two attached hydrogens (primary N) is 1. The van der Waals surface area contributed by atoms with Gasteiger partial charge in [0.05, 0.1) is 19.9 Å².